The molecule has 126 valence electrons. The average Bonchev–Trinajstić information content (AvgIpc) is 3.28. The van der Waals surface area contributed by atoms with Gasteiger partial charge in [-0.15, -0.1) is 0 Å². The number of hydrogen-bond acceptors (Lipinski definition) is 5. The highest BCUT2D eigenvalue weighted by Crippen LogP contribution is 2.26. The van der Waals surface area contributed by atoms with Gasteiger partial charge in [0, 0.05) is 0 Å². The first-order chi connectivity index (χ1) is 12.2. The molecule has 0 bridgehead atoms. The molecule has 1 aromatic heterocycles. The van der Waals surface area contributed by atoms with Crippen molar-refractivity contribution in [2.24, 2.45) is 0 Å². The van der Waals surface area contributed by atoms with E-state index in [1.54, 1.807) is 12.6 Å². The van der Waals surface area contributed by atoms with Crippen molar-refractivity contribution >= 4 is 5.82 Å². The summed E-state index contributed by atoms with van der Waals surface area (Å²) in [5.74, 6) is 2.38. The lowest BCUT2D eigenvalue weighted by atomic mass is 10.0. The van der Waals surface area contributed by atoms with E-state index < -0.39 is 0 Å². The third kappa shape index (κ3) is 2.98. The second kappa shape index (κ2) is 6.39. The molecule has 0 aliphatic carbocycles. The third-order valence-corrected chi connectivity index (χ3v) is 4.38. The number of imidazole rings is 1. The Hall–Kier alpha value is -3.15. The van der Waals surface area contributed by atoms with E-state index in [1.807, 2.05) is 23.0 Å². The molecule has 0 saturated carbocycles. The summed E-state index contributed by atoms with van der Waals surface area (Å²) in [4.78, 5) is 13.3. The van der Waals surface area contributed by atoms with Crippen LogP contribution in [-0.2, 0) is 13.1 Å². The number of aromatic nitrogens is 4. The van der Waals surface area contributed by atoms with Gasteiger partial charge in [-0.2, -0.15) is 0 Å². The van der Waals surface area contributed by atoms with Crippen LogP contribution in [0.15, 0.2) is 53.7 Å². The number of benzene rings is 1. The summed E-state index contributed by atoms with van der Waals surface area (Å²) in [6.45, 7) is 5.54. The molecule has 3 heterocycles. The first-order valence-corrected chi connectivity index (χ1v) is 8.19. The van der Waals surface area contributed by atoms with Crippen LogP contribution >= 0.6 is 0 Å². The molecule has 0 unspecified atom stereocenters. The van der Waals surface area contributed by atoms with Gasteiger partial charge in [-0.05, 0) is 42.7 Å². The number of anilines is 1. The van der Waals surface area contributed by atoms with Crippen LogP contribution in [-0.4, -0.2) is 19.5 Å². The number of nitrogens with one attached hydrogen (secondary N) is 1. The maximum absolute atomic E-state index is 5.35. The van der Waals surface area contributed by atoms with Crippen LogP contribution in [0.3, 0.4) is 0 Å². The molecule has 6 heteroatoms. The maximum atomic E-state index is 5.35. The Balaban J connectivity index is 1.63. The molecule has 0 radical (unpaired) electrons. The number of hydrogen-bond donors (Lipinski definition) is 1. The van der Waals surface area contributed by atoms with Gasteiger partial charge in [-0.3, -0.25) is 0 Å². The molecule has 0 spiro atoms. The van der Waals surface area contributed by atoms with Crippen LogP contribution in [0.5, 0.6) is 0 Å². The number of fused-ring (bicyclic) bond motifs is 1. The van der Waals surface area contributed by atoms with Crippen molar-refractivity contribution in [2.75, 3.05) is 5.32 Å². The molecule has 2 aromatic rings. The zero-order valence-corrected chi connectivity index (χ0v) is 14.2. The smallest absolute Gasteiger partial charge is 0.165 e. The minimum absolute atomic E-state index is 0.558. The van der Waals surface area contributed by atoms with E-state index in [0.29, 0.717) is 12.4 Å². The van der Waals surface area contributed by atoms with Crippen LogP contribution in [0.2, 0.25) is 0 Å². The fourth-order valence-corrected chi connectivity index (χ4v) is 2.98. The van der Waals surface area contributed by atoms with E-state index >= 15 is 0 Å². The van der Waals surface area contributed by atoms with Gasteiger partial charge in [0.25, 0.3) is 0 Å². The summed E-state index contributed by atoms with van der Waals surface area (Å²) >= 11 is 0. The summed E-state index contributed by atoms with van der Waals surface area (Å²) in [6, 6.07) is 10.1. The lowest BCUT2D eigenvalue weighted by Gasteiger charge is -2.16. The minimum atomic E-state index is 0.558. The molecule has 0 saturated heterocycles. The summed E-state index contributed by atoms with van der Waals surface area (Å²) in [7, 11) is 0. The van der Waals surface area contributed by atoms with E-state index in [1.165, 1.54) is 16.7 Å². The van der Waals surface area contributed by atoms with Gasteiger partial charge in [-0.25, -0.2) is 15.0 Å². The second-order valence-electron chi connectivity index (χ2n) is 6.07. The van der Waals surface area contributed by atoms with Gasteiger partial charge in [0.1, 0.15) is 12.1 Å². The van der Waals surface area contributed by atoms with E-state index in [9.17, 15) is 0 Å². The molecule has 4 rings (SSSR count). The predicted octanol–water partition coefficient (Wildman–Crippen LogP) is 3.65. The number of rotatable bonds is 5. The van der Waals surface area contributed by atoms with Crippen molar-refractivity contribution in [3.05, 3.63) is 71.7 Å². The van der Waals surface area contributed by atoms with Gasteiger partial charge in [-0.1, -0.05) is 18.2 Å². The van der Waals surface area contributed by atoms with Crippen LogP contribution in [0.25, 0.3) is 11.5 Å². The maximum Gasteiger partial charge on any atom is 0.165 e. The standard InChI is InChI=1S/C19H19N5O/c1-13-5-3-6-14(2)16(13)10-24-12-23-18(17-19(24)22-11-21-17)20-9-15-7-4-8-25-15/h3-8,11-12,20H,9-10H2,1-2H3. The first kappa shape index (κ1) is 15.4. The Morgan fingerprint density at radius 3 is 2.64 bits per heavy atom. The van der Waals surface area contributed by atoms with E-state index in [-0.39, 0.29) is 0 Å². The van der Waals surface area contributed by atoms with E-state index in [4.69, 9.17) is 4.42 Å². The van der Waals surface area contributed by atoms with Crippen molar-refractivity contribution in [3.8, 4) is 11.5 Å². The molecule has 1 aromatic carbocycles. The van der Waals surface area contributed by atoms with Crippen molar-refractivity contribution in [2.45, 2.75) is 26.9 Å². The molecule has 6 nitrogen and oxygen atoms in total. The molecule has 0 atom stereocenters. The molecular formula is C19H19N5O. The summed E-state index contributed by atoms with van der Waals surface area (Å²) in [5.41, 5.74) is 4.58. The van der Waals surface area contributed by atoms with Gasteiger partial charge in [0.15, 0.2) is 17.3 Å². The van der Waals surface area contributed by atoms with Crippen LogP contribution in [0.1, 0.15) is 22.5 Å². The average molecular weight is 333 g/mol. The largest absolute Gasteiger partial charge is 0.467 e. The molecule has 2 aliphatic rings. The second-order valence-corrected chi connectivity index (χ2v) is 6.07. The Morgan fingerprint density at radius 2 is 1.88 bits per heavy atom. The Bertz CT molecular complexity index is 938. The Labute approximate surface area is 145 Å². The molecule has 2 aliphatic heterocycles. The topological polar surface area (TPSA) is 68.8 Å². The van der Waals surface area contributed by atoms with Gasteiger partial charge in [0.2, 0.25) is 0 Å². The Kier molecular flexibility index (Phi) is 3.93. The summed E-state index contributed by atoms with van der Waals surface area (Å²) in [6.07, 6.45) is 5.05. The zero-order chi connectivity index (χ0) is 17.2. The van der Waals surface area contributed by atoms with E-state index in [0.717, 1.165) is 23.8 Å². The predicted molar refractivity (Wildman–Crippen MR) is 95.5 cm³/mol. The number of furan rings is 1. The molecule has 0 fully saturated rings. The SMILES string of the molecule is Cc1cccc(C)c1Cn1cnc(NCc2ccco2)c2ncnc1-2. The van der Waals surface area contributed by atoms with Crippen LogP contribution in [0, 0.1) is 13.8 Å². The van der Waals surface area contributed by atoms with Crippen LogP contribution < -0.4 is 5.32 Å². The molecule has 25 heavy (non-hydrogen) atoms. The minimum Gasteiger partial charge on any atom is -0.467 e. The zero-order valence-electron chi connectivity index (χ0n) is 14.2. The number of aryl methyl sites for hydroxylation is 2. The first-order valence-electron chi connectivity index (χ1n) is 8.19. The highest BCUT2D eigenvalue weighted by atomic mass is 16.3. The van der Waals surface area contributed by atoms with Crippen molar-refractivity contribution in [1.82, 2.24) is 19.5 Å². The molecular weight excluding hydrogens is 314 g/mol. The Morgan fingerprint density at radius 1 is 1.04 bits per heavy atom. The lowest BCUT2D eigenvalue weighted by Crippen LogP contribution is -2.12. The van der Waals surface area contributed by atoms with Gasteiger partial charge in [0.05, 0.1) is 25.7 Å². The highest BCUT2D eigenvalue weighted by Gasteiger charge is 2.17. The molecule has 1 N–H and O–H groups in total. The fraction of sp³-hybridized carbons (Fsp3) is 0.211. The van der Waals surface area contributed by atoms with Crippen molar-refractivity contribution in [1.29, 1.82) is 0 Å². The number of nitrogens with zero attached hydrogens (tertiary/aromatic N) is 4. The lowest BCUT2D eigenvalue weighted by molar-refractivity contribution is 0.517. The van der Waals surface area contributed by atoms with Crippen LogP contribution in [0.4, 0.5) is 5.82 Å². The van der Waals surface area contributed by atoms with Gasteiger partial charge < -0.3 is 14.3 Å². The summed E-state index contributed by atoms with van der Waals surface area (Å²) < 4.78 is 7.38. The highest BCUT2D eigenvalue weighted by molar-refractivity contribution is 5.66. The third-order valence-electron chi connectivity index (χ3n) is 4.38. The van der Waals surface area contributed by atoms with E-state index in [2.05, 4.69) is 52.3 Å². The summed E-state index contributed by atoms with van der Waals surface area (Å²) in [5, 5.41) is 3.27. The fourth-order valence-electron chi connectivity index (χ4n) is 2.98. The van der Waals surface area contributed by atoms with Crippen molar-refractivity contribution in [3.63, 3.8) is 0 Å². The van der Waals surface area contributed by atoms with Gasteiger partial charge >= 0.3 is 0 Å². The van der Waals surface area contributed by atoms with Crippen molar-refractivity contribution < 1.29 is 4.42 Å². The molecule has 0 amide bonds. The monoisotopic (exact) mass is 333 g/mol. The quantitative estimate of drug-likeness (QED) is 0.604. The normalized spacial score (nSPS) is 11.1.